The number of nitrogen functional groups attached to an aromatic ring is 1. The summed E-state index contributed by atoms with van der Waals surface area (Å²) in [6.45, 7) is 2.03. The Morgan fingerprint density at radius 1 is 1.47 bits per heavy atom. The van der Waals surface area contributed by atoms with Gasteiger partial charge in [-0.25, -0.2) is 4.98 Å². The van der Waals surface area contributed by atoms with Crippen LogP contribution in [0.1, 0.15) is 12.7 Å². The predicted molar refractivity (Wildman–Crippen MR) is 68.3 cm³/mol. The molecule has 0 atom stereocenters. The average molecular weight is 314 g/mol. The van der Waals surface area contributed by atoms with Crippen molar-refractivity contribution in [2.75, 3.05) is 5.73 Å². The van der Waals surface area contributed by atoms with Crippen LogP contribution in [0.2, 0.25) is 0 Å². The van der Waals surface area contributed by atoms with Crippen molar-refractivity contribution in [3.8, 4) is 11.4 Å². The van der Waals surface area contributed by atoms with E-state index < -0.39 is 0 Å². The van der Waals surface area contributed by atoms with Crippen molar-refractivity contribution in [1.82, 2.24) is 15.2 Å². The Bertz CT molecular complexity index is 478. The molecule has 2 rings (SSSR count). The highest BCUT2D eigenvalue weighted by atomic mass is 127. The second-order valence-corrected chi connectivity index (χ2v) is 4.44. The predicted octanol–water partition coefficient (Wildman–Crippen LogP) is 2.22. The molecule has 0 spiro atoms. The summed E-state index contributed by atoms with van der Waals surface area (Å²) in [4.78, 5) is 4.35. The third kappa shape index (κ3) is 2.11. The zero-order valence-corrected chi connectivity index (χ0v) is 10.4. The van der Waals surface area contributed by atoms with Gasteiger partial charge in [-0.05, 0) is 40.8 Å². The molecule has 2 aromatic rings. The zero-order chi connectivity index (χ0) is 10.8. The average Bonchev–Trinajstić information content (AvgIpc) is 2.70. The minimum absolute atomic E-state index is 0.669. The number of anilines is 1. The highest BCUT2D eigenvalue weighted by Crippen LogP contribution is 2.24. The van der Waals surface area contributed by atoms with Gasteiger partial charge in [-0.2, -0.15) is 5.10 Å². The van der Waals surface area contributed by atoms with E-state index in [0.29, 0.717) is 11.5 Å². The summed E-state index contributed by atoms with van der Waals surface area (Å²) in [6, 6.07) is 5.82. The van der Waals surface area contributed by atoms with Crippen molar-refractivity contribution >= 4 is 28.3 Å². The molecule has 1 aromatic heterocycles. The molecule has 0 aliphatic rings. The quantitative estimate of drug-likeness (QED) is 0.660. The summed E-state index contributed by atoms with van der Waals surface area (Å²) in [7, 11) is 0. The van der Waals surface area contributed by atoms with E-state index in [1.807, 2.05) is 25.1 Å². The summed E-state index contributed by atoms with van der Waals surface area (Å²) in [5.41, 5.74) is 7.47. The molecular formula is C10H11IN4. The van der Waals surface area contributed by atoms with Crippen LogP contribution in [0, 0.1) is 3.57 Å². The number of rotatable bonds is 2. The normalized spacial score (nSPS) is 10.5. The molecule has 5 heteroatoms. The largest absolute Gasteiger partial charge is 0.398 e. The Hall–Kier alpha value is -1.11. The number of hydrogen-bond acceptors (Lipinski definition) is 3. The number of aromatic amines is 1. The molecule has 4 nitrogen and oxygen atoms in total. The topological polar surface area (TPSA) is 67.6 Å². The van der Waals surface area contributed by atoms with Crippen LogP contribution in [0.4, 0.5) is 5.69 Å². The molecule has 0 amide bonds. The first-order valence-electron chi connectivity index (χ1n) is 4.67. The third-order valence-electron chi connectivity index (χ3n) is 2.12. The summed E-state index contributed by atoms with van der Waals surface area (Å²) in [5, 5.41) is 7.02. The standard InChI is InChI=1S/C10H11IN4/c1-2-9-13-10(15-14-9)7-5-6(11)3-4-8(7)12/h3-5H,2,12H2,1H3,(H,13,14,15). The molecule has 0 bridgehead atoms. The Morgan fingerprint density at radius 3 is 2.93 bits per heavy atom. The van der Waals surface area contributed by atoms with Crippen molar-refractivity contribution in [3.05, 3.63) is 27.6 Å². The highest BCUT2D eigenvalue weighted by molar-refractivity contribution is 14.1. The lowest BCUT2D eigenvalue weighted by Gasteiger charge is -2.01. The first-order valence-corrected chi connectivity index (χ1v) is 5.75. The SMILES string of the molecule is CCc1nc(-c2cc(I)ccc2N)n[nH]1. The smallest absolute Gasteiger partial charge is 0.183 e. The van der Waals surface area contributed by atoms with Gasteiger partial charge in [-0.1, -0.05) is 6.92 Å². The second-order valence-electron chi connectivity index (χ2n) is 3.19. The molecule has 0 radical (unpaired) electrons. The van der Waals surface area contributed by atoms with Gasteiger partial charge in [0.1, 0.15) is 5.82 Å². The molecule has 3 N–H and O–H groups in total. The fourth-order valence-electron chi connectivity index (χ4n) is 1.30. The van der Waals surface area contributed by atoms with Gasteiger partial charge in [0.2, 0.25) is 0 Å². The number of nitrogens with two attached hydrogens (primary N) is 1. The van der Waals surface area contributed by atoms with E-state index in [-0.39, 0.29) is 0 Å². The third-order valence-corrected chi connectivity index (χ3v) is 2.79. The first kappa shape index (κ1) is 10.4. The maximum atomic E-state index is 5.87. The monoisotopic (exact) mass is 314 g/mol. The van der Waals surface area contributed by atoms with Crippen LogP contribution in [0.3, 0.4) is 0 Å². The number of aryl methyl sites for hydroxylation is 1. The van der Waals surface area contributed by atoms with Crippen molar-refractivity contribution in [2.45, 2.75) is 13.3 Å². The van der Waals surface area contributed by atoms with E-state index >= 15 is 0 Å². The Morgan fingerprint density at radius 2 is 2.27 bits per heavy atom. The lowest BCUT2D eigenvalue weighted by atomic mass is 10.2. The van der Waals surface area contributed by atoms with Gasteiger partial charge in [0.05, 0.1) is 0 Å². The first-order chi connectivity index (χ1) is 7.20. The van der Waals surface area contributed by atoms with Crippen molar-refractivity contribution in [2.24, 2.45) is 0 Å². The van der Waals surface area contributed by atoms with Gasteiger partial charge in [-0.3, -0.25) is 5.10 Å². The molecule has 78 valence electrons. The molecule has 0 aliphatic carbocycles. The minimum Gasteiger partial charge on any atom is -0.398 e. The number of hydrogen-bond donors (Lipinski definition) is 2. The summed E-state index contributed by atoms with van der Waals surface area (Å²) in [6.07, 6.45) is 0.844. The van der Waals surface area contributed by atoms with E-state index in [9.17, 15) is 0 Å². The Kier molecular flexibility index (Phi) is 2.90. The Balaban J connectivity index is 2.48. The van der Waals surface area contributed by atoms with Crippen LogP contribution in [-0.4, -0.2) is 15.2 Å². The molecule has 1 aromatic carbocycles. The van der Waals surface area contributed by atoms with Gasteiger partial charge >= 0.3 is 0 Å². The molecule has 0 saturated heterocycles. The number of benzene rings is 1. The molecular weight excluding hydrogens is 303 g/mol. The molecule has 0 saturated carbocycles. The van der Waals surface area contributed by atoms with Crippen molar-refractivity contribution < 1.29 is 0 Å². The van der Waals surface area contributed by atoms with Crippen LogP contribution in [0.15, 0.2) is 18.2 Å². The summed E-state index contributed by atoms with van der Waals surface area (Å²) < 4.78 is 1.12. The number of halogens is 1. The van der Waals surface area contributed by atoms with Gasteiger partial charge < -0.3 is 5.73 Å². The molecule has 1 heterocycles. The Labute approximate surface area is 101 Å². The van der Waals surface area contributed by atoms with E-state index in [1.165, 1.54) is 0 Å². The van der Waals surface area contributed by atoms with Crippen LogP contribution in [-0.2, 0) is 6.42 Å². The number of nitrogens with one attached hydrogen (secondary N) is 1. The zero-order valence-electron chi connectivity index (χ0n) is 8.29. The fourth-order valence-corrected chi connectivity index (χ4v) is 1.79. The molecule has 0 unspecified atom stereocenters. The number of nitrogens with zero attached hydrogens (tertiary/aromatic N) is 2. The highest BCUT2D eigenvalue weighted by Gasteiger charge is 2.08. The molecule has 0 aliphatic heterocycles. The lowest BCUT2D eigenvalue weighted by Crippen LogP contribution is -1.92. The van der Waals surface area contributed by atoms with Crippen molar-refractivity contribution in [1.29, 1.82) is 0 Å². The van der Waals surface area contributed by atoms with E-state index in [2.05, 4.69) is 37.8 Å². The van der Waals surface area contributed by atoms with Gasteiger partial charge in [0.15, 0.2) is 5.82 Å². The van der Waals surface area contributed by atoms with Crippen molar-refractivity contribution in [3.63, 3.8) is 0 Å². The second kappa shape index (κ2) is 4.18. The summed E-state index contributed by atoms with van der Waals surface area (Å²) in [5.74, 6) is 1.55. The van der Waals surface area contributed by atoms with Gasteiger partial charge in [0, 0.05) is 21.2 Å². The molecule has 0 fully saturated rings. The lowest BCUT2D eigenvalue weighted by molar-refractivity contribution is 0.946. The van der Waals surface area contributed by atoms with Crippen LogP contribution >= 0.6 is 22.6 Å². The number of H-pyrrole nitrogens is 1. The maximum absolute atomic E-state index is 5.87. The number of aromatic nitrogens is 3. The molecule has 15 heavy (non-hydrogen) atoms. The van der Waals surface area contributed by atoms with Gasteiger partial charge in [0.25, 0.3) is 0 Å². The van der Waals surface area contributed by atoms with Crippen LogP contribution in [0.5, 0.6) is 0 Å². The van der Waals surface area contributed by atoms with Crippen LogP contribution in [0.25, 0.3) is 11.4 Å². The maximum Gasteiger partial charge on any atom is 0.183 e. The van der Waals surface area contributed by atoms with E-state index in [1.54, 1.807) is 0 Å². The fraction of sp³-hybridized carbons (Fsp3) is 0.200. The minimum atomic E-state index is 0.669. The summed E-state index contributed by atoms with van der Waals surface area (Å²) >= 11 is 2.24. The van der Waals surface area contributed by atoms with Gasteiger partial charge in [-0.15, -0.1) is 0 Å². The van der Waals surface area contributed by atoms with Crippen LogP contribution < -0.4 is 5.73 Å². The van der Waals surface area contributed by atoms with E-state index in [4.69, 9.17) is 5.73 Å². The van der Waals surface area contributed by atoms with E-state index in [0.717, 1.165) is 21.4 Å².